The first kappa shape index (κ1) is 14.1. The van der Waals surface area contributed by atoms with Crippen LogP contribution in [0.3, 0.4) is 0 Å². The topological polar surface area (TPSA) is 78.8 Å². The first-order valence-electron chi connectivity index (χ1n) is 3.99. The Morgan fingerprint density at radius 3 is 2.40 bits per heavy atom. The van der Waals surface area contributed by atoms with E-state index in [0.29, 0.717) is 0 Å². The number of carbonyl (C=O) groups is 1. The number of methoxy groups -OCH3 is 1. The summed E-state index contributed by atoms with van der Waals surface area (Å²) in [6.07, 6.45) is -7.35. The van der Waals surface area contributed by atoms with Crippen LogP contribution in [0.2, 0.25) is 0 Å². The highest BCUT2D eigenvalue weighted by atomic mass is 19.4. The highest BCUT2D eigenvalue weighted by molar-refractivity contribution is 5.73. The van der Waals surface area contributed by atoms with E-state index in [0.717, 1.165) is 0 Å². The Kier molecular flexibility index (Phi) is 5.55. The van der Waals surface area contributed by atoms with Crippen LogP contribution in [-0.4, -0.2) is 54.8 Å². The summed E-state index contributed by atoms with van der Waals surface area (Å²) >= 11 is 0. The molecule has 0 aromatic carbocycles. The van der Waals surface area contributed by atoms with Crippen LogP contribution in [0.5, 0.6) is 0 Å². The van der Waals surface area contributed by atoms with Gasteiger partial charge in [-0.3, -0.25) is 10.1 Å². The SMILES string of the molecule is COCC(NCC(O)C(F)(F)F)C(=O)O. The summed E-state index contributed by atoms with van der Waals surface area (Å²) < 4.78 is 39.9. The van der Waals surface area contributed by atoms with Crippen molar-refractivity contribution >= 4 is 5.97 Å². The average molecular weight is 231 g/mol. The van der Waals surface area contributed by atoms with Crippen molar-refractivity contribution in [1.82, 2.24) is 5.32 Å². The van der Waals surface area contributed by atoms with E-state index < -0.39 is 30.8 Å². The van der Waals surface area contributed by atoms with Gasteiger partial charge in [0.25, 0.3) is 0 Å². The lowest BCUT2D eigenvalue weighted by molar-refractivity contribution is -0.202. The van der Waals surface area contributed by atoms with Crippen molar-refractivity contribution in [1.29, 1.82) is 0 Å². The number of rotatable bonds is 6. The fourth-order valence-corrected chi connectivity index (χ4v) is 0.754. The van der Waals surface area contributed by atoms with Crippen molar-refractivity contribution in [2.24, 2.45) is 0 Å². The molecule has 0 saturated heterocycles. The van der Waals surface area contributed by atoms with Gasteiger partial charge in [-0.05, 0) is 0 Å². The van der Waals surface area contributed by atoms with E-state index in [1.54, 1.807) is 0 Å². The average Bonchev–Trinajstić information content (AvgIpc) is 2.09. The molecule has 2 atom stereocenters. The van der Waals surface area contributed by atoms with Crippen LogP contribution in [-0.2, 0) is 9.53 Å². The summed E-state index contributed by atoms with van der Waals surface area (Å²) in [4.78, 5) is 10.4. The number of ether oxygens (including phenoxy) is 1. The molecule has 0 rings (SSSR count). The predicted octanol–water partition coefficient (Wildman–Crippen LogP) is -0.401. The van der Waals surface area contributed by atoms with Crippen LogP contribution >= 0.6 is 0 Å². The van der Waals surface area contributed by atoms with Gasteiger partial charge in [-0.1, -0.05) is 0 Å². The van der Waals surface area contributed by atoms with Gasteiger partial charge in [-0.2, -0.15) is 13.2 Å². The summed E-state index contributed by atoms with van der Waals surface area (Å²) in [5.41, 5.74) is 0. The smallest absolute Gasteiger partial charge is 0.415 e. The third-order valence-corrected chi connectivity index (χ3v) is 1.57. The number of hydrogen-bond donors (Lipinski definition) is 3. The Labute approximate surface area is 83.8 Å². The van der Waals surface area contributed by atoms with Crippen molar-refractivity contribution in [3.63, 3.8) is 0 Å². The number of aliphatic carboxylic acids is 1. The first-order valence-corrected chi connectivity index (χ1v) is 3.99. The van der Waals surface area contributed by atoms with E-state index >= 15 is 0 Å². The van der Waals surface area contributed by atoms with Crippen molar-refractivity contribution in [2.75, 3.05) is 20.3 Å². The minimum atomic E-state index is -4.76. The fourth-order valence-electron chi connectivity index (χ4n) is 0.754. The highest BCUT2D eigenvalue weighted by Gasteiger charge is 2.38. The number of alkyl halides is 3. The molecule has 2 unspecified atom stereocenters. The molecule has 0 aliphatic rings. The Morgan fingerprint density at radius 2 is 2.07 bits per heavy atom. The lowest BCUT2D eigenvalue weighted by Crippen LogP contribution is -2.47. The molecule has 0 aliphatic carbocycles. The second-order valence-corrected chi connectivity index (χ2v) is 2.81. The van der Waals surface area contributed by atoms with Gasteiger partial charge in [0, 0.05) is 13.7 Å². The molecule has 5 nitrogen and oxygen atoms in total. The quantitative estimate of drug-likeness (QED) is 0.579. The molecule has 0 spiro atoms. The molecule has 0 fully saturated rings. The van der Waals surface area contributed by atoms with Crippen molar-refractivity contribution < 1.29 is 32.9 Å². The molecule has 0 radical (unpaired) electrons. The zero-order valence-electron chi connectivity index (χ0n) is 7.91. The molecule has 0 aliphatic heterocycles. The maximum atomic E-state index is 11.8. The first-order chi connectivity index (χ1) is 6.79. The van der Waals surface area contributed by atoms with Crippen molar-refractivity contribution in [2.45, 2.75) is 18.3 Å². The van der Waals surface area contributed by atoms with Crippen LogP contribution in [0, 0.1) is 0 Å². The van der Waals surface area contributed by atoms with Gasteiger partial charge in [-0.15, -0.1) is 0 Å². The standard InChI is InChI=1S/C7H12F3NO4/c1-15-3-4(6(13)14)11-2-5(12)7(8,9)10/h4-5,11-12H,2-3H2,1H3,(H,13,14). The lowest BCUT2D eigenvalue weighted by atomic mass is 10.2. The van der Waals surface area contributed by atoms with Gasteiger partial charge in [0.2, 0.25) is 0 Å². The molecule has 0 aromatic heterocycles. The third-order valence-electron chi connectivity index (χ3n) is 1.57. The van der Waals surface area contributed by atoms with E-state index in [9.17, 15) is 18.0 Å². The molecule has 3 N–H and O–H groups in total. The van der Waals surface area contributed by atoms with Gasteiger partial charge in [0.1, 0.15) is 6.04 Å². The van der Waals surface area contributed by atoms with Crippen LogP contribution < -0.4 is 5.32 Å². The molecule has 0 aromatic rings. The van der Waals surface area contributed by atoms with Crippen LogP contribution in [0.1, 0.15) is 0 Å². The fraction of sp³-hybridized carbons (Fsp3) is 0.857. The Morgan fingerprint density at radius 1 is 1.53 bits per heavy atom. The number of aliphatic hydroxyl groups excluding tert-OH is 1. The highest BCUT2D eigenvalue weighted by Crippen LogP contribution is 2.19. The van der Waals surface area contributed by atoms with Crippen LogP contribution in [0.4, 0.5) is 13.2 Å². The summed E-state index contributed by atoms with van der Waals surface area (Å²) in [5.74, 6) is -1.34. The molecule has 0 saturated carbocycles. The Bertz CT molecular complexity index is 209. The predicted molar refractivity (Wildman–Crippen MR) is 43.4 cm³/mol. The molecular formula is C7H12F3NO4. The zero-order chi connectivity index (χ0) is 12.1. The molecule has 0 bridgehead atoms. The maximum Gasteiger partial charge on any atom is 0.415 e. The summed E-state index contributed by atoms with van der Waals surface area (Å²) in [6, 6.07) is -1.27. The van der Waals surface area contributed by atoms with Gasteiger partial charge in [0.15, 0.2) is 6.10 Å². The number of nitrogens with one attached hydrogen (secondary N) is 1. The molecule has 15 heavy (non-hydrogen) atoms. The molecule has 90 valence electrons. The van der Waals surface area contributed by atoms with E-state index in [2.05, 4.69) is 4.74 Å². The van der Waals surface area contributed by atoms with Gasteiger partial charge in [-0.25, -0.2) is 0 Å². The van der Waals surface area contributed by atoms with E-state index in [4.69, 9.17) is 10.2 Å². The molecule has 0 amide bonds. The number of carboxylic acids is 1. The lowest BCUT2D eigenvalue weighted by Gasteiger charge is -2.18. The van der Waals surface area contributed by atoms with Crippen LogP contribution in [0.15, 0.2) is 0 Å². The number of carboxylic acid groups (broad SMARTS) is 1. The minimum Gasteiger partial charge on any atom is -0.480 e. The third kappa shape index (κ3) is 5.55. The summed E-state index contributed by atoms with van der Waals surface area (Å²) in [6.45, 7) is -1.16. The summed E-state index contributed by atoms with van der Waals surface area (Å²) in [5, 5.41) is 19.1. The maximum absolute atomic E-state index is 11.8. The normalized spacial score (nSPS) is 16.1. The number of hydrogen-bond acceptors (Lipinski definition) is 4. The van der Waals surface area contributed by atoms with Gasteiger partial charge in [0.05, 0.1) is 6.61 Å². The van der Waals surface area contributed by atoms with Gasteiger partial charge < -0.3 is 14.9 Å². The second-order valence-electron chi connectivity index (χ2n) is 2.81. The molecular weight excluding hydrogens is 219 g/mol. The van der Waals surface area contributed by atoms with Crippen LogP contribution in [0.25, 0.3) is 0 Å². The minimum absolute atomic E-state index is 0.278. The monoisotopic (exact) mass is 231 g/mol. The second kappa shape index (κ2) is 5.89. The van der Waals surface area contributed by atoms with Crippen molar-refractivity contribution in [3.8, 4) is 0 Å². The van der Waals surface area contributed by atoms with E-state index in [-0.39, 0.29) is 6.61 Å². The van der Waals surface area contributed by atoms with E-state index in [1.165, 1.54) is 7.11 Å². The van der Waals surface area contributed by atoms with Gasteiger partial charge >= 0.3 is 12.1 Å². The largest absolute Gasteiger partial charge is 0.480 e. The Balaban J connectivity index is 4.05. The molecule has 8 heteroatoms. The zero-order valence-corrected chi connectivity index (χ0v) is 7.91. The van der Waals surface area contributed by atoms with E-state index in [1.807, 2.05) is 5.32 Å². The Hall–Kier alpha value is -0.860. The van der Waals surface area contributed by atoms with Crippen molar-refractivity contribution in [3.05, 3.63) is 0 Å². The molecule has 0 heterocycles. The summed E-state index contributed by atoms with van der Waals surface area (Å²) in [7, 11) is 1.22. The number of halogens is 3. The number of aliphatic hydroxyl groups is 1.